The first-order chi connectivity index (χ1) is 7.54. The van der Waals surface area contributed by atoms with Crippen LogP contribution in [0.25, 0.3) is 0 Å². The predicted molar refractivity (Wildman–Crippen MR) is 60.5 cm³/mol. The molecule has 6 heteroatoms. The van der Waals surface area contributed by atoms with Crippen LogP contribution in [0.1, 0.15) is 12.5 Å². The smallest absolute Gasteiger partial charge is 0.319 e. The molecule has 0 aliphatic heterocycles. The van der Waals surface area contributed by atoms with Crippen LogP contribution in [-0.4, -0.2) is 17.5 Å². The minimum Gasteiger partial charge on any atom is -0.338 e. The molecule has 0 saturated carbocycles. The van der Waals surface area contributed by atoms with Gasteiger partial charge in [0.1, 0.15) is 0 Å². The van der Waals surface area contributed by atoms with Crippen molar-refractivity contribution in [1.29, 1.82) is 0 Å². The molecule has 2 N–H and O–H groups in total. The zero-order chi connectivity index (χ0) is 12.1. The molecule has 0 radical (unpaired) electrons. The number of nitrogens with zero attached hydrogens (tertiary/aromatic N) is 1. The molecule has 0 unspecified atom stereocenters. The van der Waals surface area contributed by atoms with Gasteiger partial charge in [0, 0.05) is 24.4 Å². The summed E-state index contributed by atoms with van der Waals surface area (Å²) in [6, 6.07) is 3.97. The molecule has 0 spiro atoms. The number of benzene rings is 1. The van der Waals surface area contributed by atoms with E-state index in [0.29, 0.717) is 17.8 Å². The molecule has 0 aliphatic carbocycles. The summed E-state index contributed by atoms with van der Waals surface area (Å²) in [6.07, 6.45) is 0. The number of anilines is 1. The molecule has 1 aromatic rings. The summed E-state index contributed by atoms with van der Waals surface area (Å²) >= 11 is 0. The Balaban J connectivity index is 2.83. The van der Waals surface area contributed by atoms with Crippen molar-refractivity contribution in [2.24, 2.45) is 0 Å². The van der Waals surface area contributed by atoms with Gasteiger partial charge in [0.15, 0.2) is 0 Å². The van der Waals surface area contributed by atoms with E-state index in [1.54, 1.807) is 6.92 Å². The topological polar surface area (TPSA) is 84.3 Å². The maximum Gasteiger partial charge on any atom is 0.319 e. The highest BCUT2D eigenvalue weighted by atomic mass is 16.6. The Morgan fingerprint density at radius 1 is 1.50 bits per heavy atom. The van der Waals surface area contributed by atoms with Crippen molar-refractivity contribution in [2.75, 3.05) is 11.9 Å². The summed E-state index contributed by atoms with van der Waals surface area (Å²) in [5, 5.41) is 15.7. The lowest BCUT2D eigenvalue weighted by molar-refractivity contribution is -0.384. The molecular weight excluding hydrogens is 210 g/mol. The van der Waals surface area contributed by atoms with Crippen molar-refractivity contribution < 1.29 is 9.72 Å². The zero-order valence-corrected chi connectivity index (χ0v) is 9.11. The highest BCUT2D eigenvalue weighted by molar-refractivity contribution is 5.90. The van der Waals surface area contributed by atoms with Crippen molar-refractivity contribution in [3.63, 3.8) is 0 Å². The largest absolute Gasteiger partial charge is 0.338 e. The summed E-state index contributed by atoms with van der Waals surface area (Å²) in [5.41, 5.74) is 1.23. The molecule has 16 heavy (non-hydrogen) atoms. The Morgan fingerprint density at radius 3 is 2.69 bits per heavy atom. The monoisotopic (exact) mass is 223 g/mol. The summed E-state index contributed by atoms with van der Waals surface area (Å²) in [6.45, 7) is 4.04. The van der Waals surface area contributed by atoms with Gasteiger partial charge in [-0.2, -0.15) is 0 Å². The van der Waals surface area contributed by atoms with E-state index in [1.165, 1.54) is 18.2 Å². The minimum absolute atomic E-state index is 0.0129. The van der Waals surface area contributed by atoms with Gasteiger partial charge in [-0.05, 0) is 25.5 Å². The maximum atomic E-state index is 11.2. The van der Waals surface area contributed by atoms with Gasteiger partial charge in [-0.25, -0.2) is 4.79 Å². The van der Waals surface area contributed by atoms with Crippen LogP contribution in [0.5, 0.6) is 0 Å². The molecule has 6 nitrogen and oxygen atoms in total. The van der Waals surface area contributed by atoms with Gasteiger partial charge >= 0.3 is 6.03 Å². The summed E-state index contributed by atoms with van der Waals surface area (Å²) in [4.78, 5) is 21.3. The average Bonchev–Trinajstić information content (AvgIpc) is 2.21. The summed E-state index contributed by atoms with van der Waals surface area (Å²) in [5.74, 6) is 0. The molecule has 0 atom stereocenters. The van der Waals surface area contributed by atoms with Crippen LogP contribution in [0.2, 0.25) is 0 Å². The van der Waals surface area contributed by atoms with Crippen LogP contribution >= 0.6 is 0 Å². The fraction of sp³-hybridized carbons (Fsp3) is 0.300. The first kappa shape index (κ1) is 12.0. The van der Waals surface area contributed by atoms with Crippen molar-refractivity contribution in [1.82, 2.24) is 5.32 Å². The molecule has 0 aliphatic rings. The van der Waals surface area contributed by atoms with Crippen LogP contribution in [0, 0.1) is 17.0 Å². The van der Waals surface area contributed by atoms with Gasteiger partial charge in [0.2, 0.25) is 0 Å². The van der Waals surface area contributed by atoms with E-state index in [-0.39, 0.29) is 11.7 Å². The number of amides is 2. The van der Waals surface area contributed by atoms with Crippen LogP contribution in [0.4, 0.5) is 16.2 Å². The van der Waals surface area contributed by atoms with Gasteiger partial charge in [-0.15, -0.1) is 0 Å². The molecule has 0 saturated heterocycles. The second-order valence-corrected chi connectivity index (χ2v) is 3.24. The van der Waals surface area contributed by atoms with E-state index in [9.17, 15) is 14.9 Å². The molecular formula is C10H13N3O3. The quantitative estimate of drug-likeness (QED) is 0.607. The van der Waals surface area contributed by atoms with Gasteiger partial charge in [-0.3, -0.25) is 10.1 Å². The Bertz CT molecular complexity index is 418. The van der Waals surface area contributed by atoms with Gasteiger partial charge in [-0.1, -0.05) is 0 Å². The van der Waals surface area contributed by atoms with Crippen molar-refractivity contribution >= 4 is 17.4 Å². The van der Waals surface area contributed by atoms with Crippen molar-refractivity contribution in [3.8, 4) is 0 Å². The Hall–Kier alpha value is -2.11. The van der Waals surface area contributed by atoms with E-state index >= 15 is 0 Å². The molecule has 0 fully saturated rings. The molecule has 0 bridgehead atoms. The molecule has 86 valence electrons. The van der Waals surface area contributed by atoms with E-state index < -0.39 is 4.92 Å². The van der Waals surface area contributed by atoms with Crippen LogP contribution < -0.4 is 10.6 Å². The van der Waals surface area contributed by atoms with E-state index in [4.69, 9.17) is 0 Å². The second kappa shape index (κ2) is 5.11. The summed E-state index contributed by atoms with van der Waals surface area (Å²) in [7, 11) is 0. The first-order valence-corrected chi connectivity index (χ1v) is 4.84. The molecule has 0 heterocycles. The first-order valence-electron chi connectivity index (χ1n) is 4.84. The van der Waals surface area contributed by atoms with Crippen LogP contribution in [-0.2, 0) is 0 Å². The zero-order valence-electron chi connectivity index (χ0n) is 9.11. The number of non-ortho nitro benzene ring substituents is 1. The number of urea groups is 1. The van der Waals surface area contributed by atoms with Gasteiger partial charge in [0.25, 0.3) is 5.69 Å². The fourth-order valence-corrected chi connectivity index (χ4v) is 1.23. The third-order valence-electron chi connectivity index (χ3n) is 2.01. The number of hydrogen-bond donors (Lipinski definition) is 2. The Labute approximate surface area is 92.8 Å². The number of nitro groups is 1. The number of rotatable bonds is 3. The maximum absolute atomic E-state index is 11.2. The van der Waals surface area contributed by atoms with E-state index in [1.807, 2.05) is 6.92 Å². The lowest BCUT2D eigenvalue weighted by Gasteiger charge is -2.08. The third-order valence-corrected chi connectivity index (χ3v) is 2.01. The van der Waals surface area contributed by atoms with Gasteiger partial charge in [0.05, 0.1) is 4.92 Å². The number of aryl methyl sites for hydroxylation is 1. The SMILES string of the molecule is CCNC(=O)Nc1ccc([N+](=O)[O-])cc1C. The number of carbonyl (C=O) groups excluding carboxylic acids is 1. The van der Waals surface area contributed by atoms with Crippen molar-refractivity contribution in [2.45, 2.75) is 13.8 Å². The minimum atomic E-state index is -0.469. The fourth-order valence-electron chi connectivity index (χ4n) is 1.23. The predicted octanol–water partition coefficient (Wildman–Crippen LogP) is 2.04. The number of nitrogens with one attached hydrogen (secondary N) is 2. The third kappa shape index (κ3) is 2.94. The molecule has 1 rings (SSSR count). The highest BCUT2D eigenvalue weighted by Crippen LogP contribution is 2.20. The lowest BCUT2D eigenvalue weighted by Crippen LogP contribution is -2.28. The number of carbonyl (C=O) groups is 1. The van der Waals surface area contributed by atoms with E-state index in [2.05, 4.69) is 10.6 Å². The molecule has 1 aromatic carbocycles. The number of nitro benzene ring substituents is 1. The molecule has 2 amide bonds. The lowest BCUT2D eigenvalue weighted by atomic mass is 10.2. The number of hydrogen-bond acceptors (Lipinski definition) is 3. The average molecular weight is 223 g/mol. The standard InChI is InChI=1S/C10H13N3O3/c1-3-11-10(14)12-9-5-4-8(13(15)16)6-7(9)2/h4-6H,3H2,1-2H3,(H2,11,12,14). The van der Waals surface area contributed by atoms with E-state index in [0.717, 1.165) is 0 Å². The Kier molecular flexibility index (Phi) is 3.82. The van der Waals surface area contributed by atoms with Gasteiger partial charge < -0.3 is 10.6 Å². The van der Waals surface area contributed by atoms with Crippen molar-refractivity contribution in [3.05, 3.63) is 33.9 Å². The second-order valence-electron chi connectivity index (χ2n) is 3.24. The molecule has 0 aromatic heterocycles. The normalized spacial score (nSPS) is 9.62. The Morgan fingerprint density at radius 2 is 2.19 bits per heavy atom. The van der Waals surface area contributed by atoms with Crippen LogP contribution in [0.15, 0.2) is 18.2 Å². The summed E-state index contributed by atoms with van der Waals surface area (Å²) < 4.78 is 0. The van der Waals surface area contributed by atoms with Crippen LogP contribution in [0.3, 0.4) is 0 Å². The highest BCUT2D eigenvalue weighted by Gasteiger charge is 2.09.